The van der Waals surface area contributed by atoms with Gasteiger partial charge in [0.05, 0.1) is 0 Å². The van der Waals surface area contributed by atoms with Gasteiger partial charge in [-0.3, -0.25) is 0 Å². The van der Waals surface area contributed by atoms with Gasteiger partial charge in [0.15, 0.2) is 0 Å². The Morgan fingerprint density at radius 3 is 1.94 bits per heavy atom. The second kappa shape index (κ2) is 15.0. The third-order valence-corrected chi connectivity index (χ3v) is 19.9. The van der Waals surface area contributed by atoms with Crippen LogP contribution >= 0.6 is 0 Å². The maximum atomic E-state index is 12.5. The first-order chi connectivity index (χ1) is 14.7. The molecule has 1 atom stereocenters. The van der Waals surface area contributed by atoms with Crippen LogP contribution < -0.4 is 5.32 Å². The summed E-state index contributed by atoms with van der Waals surface area (Å²) in [5, 5.41) is 3.15. The van der Waals surface area contributed by atoms with Crippen molar-refractivity contribution in [3.63, 3.8) is 0 Å². The minimum atomic E-state index is -2.40. The van der Waals surface area contributed by atoms with Crippen molar-refractivity contribution in [2.45, 2.75) is 111 Å². The van der Waals surface area contributed by atoms with Crippen molar-refractivity contribution in [1.29, 1.82) is 0 Å². The number of hydrogen-bond donors (Lipinski definition) is 1. The standard InChI is InChI=1S/C15H20NO2.3C4H9.Sn/c1-5-13(11-12-9-7-6-8-10-12)16-14(17)18-15(2,3)4;3*1-3-4-2;/h1,5-10,13H,11H2,2-4H3,(H,16,17);3*1,3-4H2,2H3;/t13-;;;;/m1..../s1. The van der Waals surface area contributed by atoms with Crippen molar-refractivity contribution in [3.8, 4) is 0 Å². The van der Waals surface area contributed by atoms with Crippen LogP contribution in [0.2, 0.25) is 13.3 Å². The van der Waals surface area contributed by atoms with Crippen LogP contribution in [0.3, 0.4) is 0 Å². The van der Waals surface area contributed by atoms with E-state index >= 15 is 0 Å². The molecular weight excluding hydrogens is 489 g/mol. The molecule has 0 saturated heterocycles. The number of nitrogens with one attached hydrogen (secondary N) is 1. The predicted molar refractivity (Wildman–Crippen MR) is 137 cm³/mol. The summed E-state index contributed by atoms with van der Waals surface area (Å²) in [7, 11) is 0. The Bertz CT molecular complexity index is 615. The summed E-state index contributed by atoms with van der Waals surface area (Å²) in [4.78, 5) is 12.5. The number of ether oxygens (including phenoxy) is 1. The van der Waals surface area contributed by atoms with E-state index in [9.17, 15) is 4.79 Å². The molecule has 1 aromatic rings. The fourth-order valence-electron chi connectivity index (χ4n) is 4.03. The topological polar surface area (TPSA) is 38.3 Å². The van der Waals surface area contributed by atoms with Gasteiger partial charge >= 0.3 is 197 Å². The van der Waals surface area contributed by atoms with Crippen LogP contribution in [0.5, 0.6) is 0 Å². The summed E-state index contributed by atoms with van der Waals surface area (Å²) in [6.45, 7) is 12.7. The molecule has 4 heteroatoms. The van der Waals surface area contributed by atoms with Gasteiger partial charge in [-0.15, -0.1) is 0 Å². The van der Waals surface area contributed by atoms with Gasteiger partial charge in [0.1, 0.15) is 0 Å². The fourth-order valence-corrected chi connectivity index (χ4v) is 18.5. The third-order valence-electron chi connectivity index (χ3n) is 5.77. The van der Waals surface area contributed by atoms with Gasteiger partial charge in [-0.25, -0.2) is 0 Å². The molecule has 1 aromatic carbocycles. The molecule has 0 aliphatic rings. The van der Waals surface area contributed by atoms with Crippen LogP contribution in [0.1, 0.15) is 85.6 Å². The third kappa shape index (κ3) is 12.6. The molecule has 1 N–H and O–H groups in total. The second-order valence-corrected chi connectivity index (χ2v) is 23.0. The number of carbonyl (C=O) groups excluding carboxylic acids is 1. The SMILES string of the molecule is CCC[CH2][Sn](/[CH]=C/[C@H](Cc1ccccc1)NC(=O)OC(C)(C)C)([CH2]CCC)[CH2]CCC. The first kappa shape index (κ1) is 28.1. The first-order valence-electron chi connectivity index (χ1n) is 12.5. The number of unbranched alkanes of at least 4 members (excludes halogenated alkanes) is 3. The number of rotatable bonds is 14. The molecule has 31 heavy (non-hydrogen) atoms. The summed E-state index contributed by atoms with van der Waals surface area (Å²) >= 11 is -2.40. The van der Waals surface area contributed by atoms with E-state index in [4.69, 9.17) is 4.74 Å². The number of benzene rings is 1. The molecule has 0 aliphatic heterocycles. The van der Waals surface area contributed by atoms with E-state index in [1.165, 1.54) is 57.4 Å². The van der Waals surface area contributed by atoms with Gasteiger partial charge in [0, 0.05) is 0 Å². The molecule has 0 bridgehead atoms. The molecule has 0 fully saturated rings. The van der Waals surface area contributed by atoms with E-state index in [1.54, 1.807) is 0 Å². The number of carbonyl (C=O) groups is 1. The summed E-state index contributed by atoms with van der Waals surface area (Å²) < 4.78 is 12.5. The fraction of sp³-hybridized carbons (Fsp3) is 0.667. The number of amides is 1. The van der Waals surface area contributed by atoms with Gasteiger partial charge < -0.3 is 0 Å². The average Bonchev–Trinajstić information content (AvgIpc) is 2.72. The van der Waals surface area contributed by atoms with Crippen LogP contribution in [0, 0.1) is 0 Å². The normalized spacial score (nSPS) is 13.4. The van der Waals surface area contributed by atoms with E-state index < -0.39 is 24.0 Å². The monoisotopic (exact) mass is 537 g/mol. The average molecular weight is 536 g/mol. The molecular formula is C27H47NO2Sn. The zero-order chi connectivity index (χ0) is 23.2. The Kier molecular flexibility index (Phi) is 13.6. The molecule has 0 aliphatic carbocycles. The van der Waals surface area contributed by atoms with Gasteiger partial charge in [0.25, 0.3) is 0 Å². The van der Waals surface area contributed by atoms with Crippen molar-refractivity contribution >= 4 is 24.5 Å². The van der Waals surface area contributed by atoms with Crippen molar-refractivity contribution in [3.05, 3.63) is 46.1 Å². The van der Waals surface area contributed by atoms with Crippen LogP contribution in [-0.2, 0) is 11.2 Å². The Balaban J connectivity index is 3.10. The minimum absolute atomic E-state index is 0.0294. The Hall–Kier alpha value is -0.971. The molecule has 0 radical (unpaired) electrons. The zero-order valence-electron chi connectivity index (χ0n) is 21.0. The van der Waals surface area contributed by atoms with Crippen molar-refractivity contribution in [2.24, 2.45) is 0 Å². The summed E-state index contributed by atoms with van der Waals surface area (Å²) in [5.74, 6) is 0. The van der Waals surface area contributed by atoms with E-state index in [1.807, 2.05) is 26.8 Å². The van der Waals surface area contributed by atoms with Crippen molar-refractivity contribution in [2.75, 3.05) is 0 Å². The van der Waals surface area contributed by atoms with Gasteiger partial charge in [-0.1, -0.05) is 0 Å². The Labute approximate surface area is 196 Å². The quantitative estimate of drug-likeness (QED) is 0.244. The van der Waals surface area contributed by atoms with Crippen molar-refractivity contribution in [1.82, 2.24) is 5.32 Å². The van der Waals surface area contributed by atoms with Gasteiger partial charge in [-0.05, 0) is 0 Å². The zero-order valence-corrected chi connectivity index (χ0v) is 23.9. The molecule has 0 heterocycles. The van der Waals surface area contributed by atoms with Crippen LogP contribution in [0.25, 0.3) is 0 Å². The Morgan fingerprint density at radius 2 is 1.48 bits per heavy atom. The van der Waals surface area contributed by atoms with E-state index in [-0.39, 0.29) is 12.1 Å². The predicted octanol–water partition coefficient (Wildman–Crippen LogP) is 8.07. The maximum absolute atomic E-state index is 12.5. The van der Waals surface area contributed by atoms with E-state index in [2.05, 4.69) is 60.5 Å². The van der Waals surface area contributed by atoms with Crippen LogP contribution in [-0.4, -0.2) is 36.1 Å². The molecule has 0 aromatic heterocycles. The molecule has 0 spiro atoms. The molecule has 176 valence electrons. The molecule has 0 unspecified atom stereocenters. The van der Waals surface area contributed by atoms with Crippen LogP contribution in [0.4, 0.5) is 4.79 Å². The van der Waals surface area contributed by atoms with Gasteiger partial charge in [-0.2, -0.15) is 0 Å². The van der Waals surface area contributed by atoms with Crippen LogP contribution in [0.15, 0.2) is 40.5 Å². The summed E-state index contributed by atoms with van der Waals surface area (Å²) in [6.07, 6.45) is 10.7. The molecule has 1 amide bonds. The van der Waals surface area contributed by atoms with Gasteiger partial charge in [0.2, 0.25) is 0 Å². The molecule has 1 rings (SSSR count). The van der Waals surface area contributed by atoms with Crippen molar-refractivity contribution < 1.29 is 9.53 Å². The number of alkyl carbamates (subject to hydrolysis) is 1. The summed E-state index contributed by atoms with van der Waals surface area (Å²) in [5.41, 5.74) is 0.752. The second-order valence-electron chi connectivity index (χ2n) is 9.97. The summed E-state index contributed by atoms with van der Waals surface area (Å²) in [6, 6.07) is 10.4. The molecule has 3 nitrogen and oxygen atoms in total. The first-order valence-corrected chi connectivity index (χ1v) is 20.2. The van der Waals surface area contributed by atoms with E-state index in [0.29, 0.717) is 0 Å². The Morgan fingerprint density at radius 1 is 0.968 bits per heavy atom. The number of hydrogen-bond acceptors (Lipinski definition) is 2. The van der Waals surface area contributed by atoms with E-state index in [0.717, 1.165) is 6.42 Å². The molecule has 0 saturated carbocycles.